The minimum absolute atomic E-state index is 0.346. The summed E-state index contributed by atoms with van der Waals surface area (Å²) < 4.78 is 6.97. The molecule has 0 aromatic carbocycles. The van der Waals surface area contributed by atoms with E-state index in [0.29, 0.717) is 30.7 Å². The molecule has 2 rings (SSSR count). The number of ether oxygens (including phenoxy) is 1. The topological polar surface area (TPSA) is 90.9 Å². The molecule has 2 heterocycles. The van der Waals surface area contributed by atoms with Gasteiger partial charge >= 0.3 is 0 Å². The maximum absolute atomic E-state index is 5.39. The van der Waals surface area contributed by atoms with Gasteiger partial charge in [0.05, 0.1) is 5.69 Å². The van der Waals surface area contributed by atoms with Crippen LogP contribution in [-0.4, -0.2) is 26.4 Å². The van der Waals surface area contributed by atoms with Crippen LogP contribution in [0.15, 0.2) is 18.3 Å². The lowest BCUT2D eigenvalue weighted by molar-refractivity contribution is 0.128. The highest BCUT2D eigenvalue weighted by Gasteiger charge is 2.06. The molecule has 0 aliphatic carbocycles. The van der Waals surface area contributed by atoms with Crippen LogP contribution in [0.1, 0.15) is 18.4 Å². The SMILES string of the molecule is CCOCc1nc(NN)cc(-n2ccc(C)n2)n1. The largest absolute Gasteiger partial charge is 0.374 e. The third kappa shape index (κ3) is 2.82. The van der Waals surface area contributed by atoms with Crippen molar-refractivity contribution in [3.8, 4) is 5.82 Å². The number of nitrogen functional groups attached to an aromatic ring is 1. The van der Waals surface area contributed by atoms with E-state index in [-0.39, 0.29) is 0 Å². The first kappa shape index (κ1) is 12.5. The van der Waals surface area contributed by atoms with Gasteiger partial charge in [0.2, 0.25) is 0 Å². The summed E-state index contributed by atoms with van der Waals surface area (Å²) in [6, 6.07) is 3.63. The van der Waals surface area contributed by atoms with Crippen LogP contribution in [0.2, 0.25) is 0 Å². The van der Waals surface area contributed by atoms with E-state index in [9.17, 15) is 0 Å². The molecular formula is C11H16N6O. The molecule has 0 amide bonds. The predicted octanol–water partition coefficient (Wildman–Crippen LogP) is 0.793. The van der Waals surface area contributed by atoms with Crippen LogP contribution < -0.4 is 11.3 Å². The summed E-state index contributed by atoms with van der Waals surface area (Å²) in [5, 5.41) is 4.29. The average Bonchev–Trinajstić information content (AvgIpc) is 2.82. The molecule has 0 aliphatic heterocycles. The van der Waals surface area contributed by atoms with Crippen molar-refractivity contribution in [2.45, 2.75) is 20.5 Å². The van der Waals surface area contributed by atoms with Crippen LogP contribution in [0.5, 0.6) is 0 Å². The number of rotatable bonds is 5. The van der Waals surface area contributed by atoms with Gasteiger partial charge in [0, 0.05) is 18.9 Å². The minimum atomic E-state index is 0.346. The number of nitrogens with two attached hydrogens (primary N) is 1. The van der Waals surface area contributed by atoms with Gasteiger partial charge < -0.3 is 10.2 Å². The molecular weight excluding hydrogens is 232 g/mol. The van der Waals surface area contributed by atoms with Crippen LogP contribution in [0.4, 0.5) is 5.82 Å². The van der Waals surface area contributed by atoms with Crippen LogP contribution in [-0.2, 0) is 11.3 Å². The predicted molar refractivity (Wildman–Crippen MR) is 67.0 cm³/mol. The van der Waals surface area contributed by atoms with E-state index in [1.807, 2.05) is 26.1 Å². The summed E-state index contributed by atoms with van der Waals surface area (Å²) in [4.78, 5) is 8.58. The van der Waals surface area contributed by atoms with Crippen molar-refractivity contribution in [3.63, 3.8) is 0 Å². The molecule has 0 radical (unpaired) electrons. The van der Waals surface area contributed by atoms with E-state index in [1.165, 1.54) is 0 Å². The Morgan fingerprint density at radius 1 is 1.44 bits per heavy atom. The normalized spacial score (nSPS) is 10.6. The van der Waals surface area contributed by atoms with Gasteiger partial charge in [0.1, 0.15) is 12.4 Å². The molecule has 2 aromatic rings. The summed E-state index contributed by atoms with van der Waals surface area (Å²) in [6.45, 7) is 4.79. The number of aryl methyl sites for hydroxylation is 1. The molecule has 0 aliphatic rings. The number of aromatic nitrogens is 4. The Labute approximate surface area is 105 Å². The van der Waals surface area contributed by atoms with Crippen molar-refractivity contribution >= 4 is 5.82 Å². The van der Waals surface area contributed by atoms with E-state index < -0.39 is 0 Å². The molecule has 96 valence electrons. The molecule has 7 nitrogen and oxygen atoms in total. The highest BCUT2D eigenvalue weighted by Crippen LogP contribution is 2.11. The Kier molecular flexibility index (Phi) is 3.85. The summed E-state index contributed by atoms with van der Waals surface area (Å²) in [5.41, 5.74) is 3.43. The number of hydrazine groups is 1. The molecule has 7 heteroatoms. The third-order valence-corrected chi connectivity index (χ3v) is 2.30. The first-order valence-corrected chi connectivity index (χ1v) is 5.68. The number of nitrogens with zero attached hydrogens (tertiary/aromatic N) is 4. The van der Waals surface area contributed by atoms with E-state index in [0.717, 1.165) is 5.69 Å². The van der Waals surface area contributed by atoms with Crippen molar-refractivity contribution in [2.75, 3.05) is 12.0 Å². The minimum Gasteiger partial charge on any atom is -0.374 e. The fourth-order valence-electron chi connectivity index (χ4n) is 1.47. The molecule has 0 saturated heterocycles. The average molecular weight is 248 g/mol. The summed E-state index contributed by atoms with van der Waals surface area (Å²) >= 11 is 0. The number of anilines is 1. The van der Waals surface area contributed by atoms with Crippen LogP contribution in [0.25, 0.3) is 5.82 Å². The molecule has 0 bridgehead atoms. The Morgan fingerprint density at radius 3 is 2.89 bits per heavy atom. The molecule has 0 atom stereocenters. The highest BCUT2D eigenvalue weighted by molar-refractivity contribution is 5.40. The molecule has 2 aromatic heterocycles. The van der Waals surface area contributed by atoms with Crippen molar-refractivity contribution in [2.24, 2.45) is 5.84 Å². The van der Waals surface area contributed by atoms with Crippen molar-refractivity contribution in [1.82, 2.24) is 19.7 Å². The lowest BCUT2D eigenvalue weighted by atomic mass is 10.5. The highest BCUT2D eigenvalue weighted by atomic mass is 16.5. The van der Waals surface area contributed by atoms with Gasteiger partial charge in [-0.25, -0.2) is 20.5 Å². The quantitative estimate of drug-likeness (QED) is 0.600. The van der Waals surface area contributed by atoms with Crippen LogP contribution >= 0.6 is 0 Å². The number of nitrogens with one attached hydrogen (secondary N) is 1. The summed E-state index contributed by atoms with van der Waals surface area (Å²) in [6.07, 6.45) is 1.84. The summed E-state index contributed by atoms with van der Waals surface area (Å²) in [7, 11) is 0. The standard InChI is InChI=1S/C11H16N6O/c1-3-18-7-10-13-9(15-12)6-11(14-10)17-5-4-8(2)16-17/h4-6H,3,7,12H2,1-2H3,(H,13,14,15). The molecule has 3 N–H and O–H groups in total. The smallest absolute Gasteiger partial charge is 0.159 e. The number of hydrogen-bond donors (Lipinski definition) is 2. The Hall–Kier alpha value is -1.99. The van der Waals surface area contributed by atoms with Gasteiger partial charge in [0.25, 0.3) is 0 Å². The van der Waals surface area contributed by atoms with Gasteiger partial charge in [-0.2, -0.15) is 5.10 Å². The van der Waals surface area contributed by atoms with Gasteiger partial charge in [0.15, 0.2) is 11.6 Å². The van der Waals surface area contributed by atoms with E-state index in [1.54, 1.807) is 10.7 Å². The fraction of sp³-hybridized carbons (Fsp3) is 0.364. The molecule has 0 unspecified atom stereocenters. The first-order chi connectivity index (χ1) is 8.72. The Bertz CT molecular complexity index is 524. The Morgan fingerprint density at radius 2 is 2.28 bits per heavy atom. The lowest BCUT2D eigenvalue weighted by Gasteiger charge is -2.07. The fourth-order valence-corrected chi connectivity index (χ4v) is 1.47. The van der Waals surface area contributed by atoms with Crippen molar-refractivity contribution in [1.29, 1.82) is 0 Å². The zero-order valence-corrected chi connectivity index (χ0v) is 10.4. The van der Waals surface area contributed by atoms with Gasteiger partial charge in [-0.05, 0) is 19.9 Å². The maximum atomic E-state index is 5.39. The second kappa shape index (κ2) is 5.56. The lowest BCUT2D eigenvalue weighted by Crippen LogP contribution is -2.13. The van der Waals surface area contributed by atoms with Crippen LogP contribution in [0.3, 0.4) is 0 Å². The van der Waals surface area contributed by atoms with Crippen molar-refractivity contribution < 1.29 is 4.74 Å². The van der Waals surface area contributed by atoms with Crippen LogP contribution in [0, 0.1) is 6.92 Å². The second-order valence-electron chi connectivity index (χ2n) is 3.71. The van der Waals surface area contributed by atoms with Crippen molar-refractivity contribution in [3.05, 3.63) is 29.8 Å². The maximum Gasteiger partial charge on any atom is 0.159 e. The molecule has 0 saturated carbocycles. The summed E-state index contributed by atoms with van der Waals surface area (Å²) in [5.74, 6) is 7.14. The third-order valence-electron chi connectivity index (χ3n) is 2.30. The first-order valence-electron chi connectivity index (χ1n) is 5.68. The van der Waals surface area contributed by atoms with E-state index in [4.69, 9.17) is 10.6 Å². The molecule has 0 fully saturated rings. The molecule has 18 heavy (non-hydrogen) atoms. The van der Waals surface area contributed by atoms with E-state index >= 15 is 0 Å². The zero-order valence-electron chi connectivity index (χ0n) is 10.4. The van der Waals surface area contributed by atoms with Gasteiger partial charge in [-0.3, -0.25) is 0 Å². The zero-order chi connectivity index (χ0) is 13.0. The monoisotopic (exact) mass is 248 g/mol. The van der Waals surface area contributed by atoms with Gasteiger partial charge in [-0.1, -0.05) is 0 Å². The second-order valence-corrected chi connectivity index (χ2v) is 3.71. The van der Waals surface area contributed by atoms with Gasteiger partial charge in [-0.15, -0.1) is 0 Å². The van der Waals surface area contributed by atoms with E-state index in [2.05, 4.69) is 20.5 Å². The number of hydrogen-bond acceptors (Lipinski definition) is 6. The Balaban J connectivity index is 2.34. The molecule has 0 spiro atoms.